The SMILES string of the molecule is Cc1ccccc1Cn1ccc(C(N)C2CC2)c1. The Morgan fingerprint density at radius 1 is 1.28 bits per heavy atom. The maximum atomic E-state index is 6.22. The summed E-state index contributed by atoms with van der Waals surface area (Å²) in [5.74, 6) is 0.722. The van der Waals surface area contributed by atoms with E-state index in [0.29, 0.717) is 0 Å². The zero-order chi connectivity index (χ0) is 12.5. The first-order valence-corrected chi connectivity index (χ1v) is 6.70. The standard InChI is InChI=1S/C16H20N2/c1-12-4-2-3-5-14(12)10-18-9-8-15(11-18)16(17)13-6-7-13/h2-5,8-9,11,13,16H,6-7,10,17H2,1H3. The molecular weight excluding hydrogens is 220 g/mol. The van der Waals surface area contributed by atoms with Gasteiger partial charge in [0.1, 0.15) is 0 Å². The van der Waals surface area contributed by atoms with Crippen LogP contribution in [0, 0.1) is 12.8 Å². The molecule has 0 amide bonds. The van der Waals surface area contributed by atoms with Gasteiger partial charge in [0.15, 0.2) is 0 Å². The van der Waals surface area contributed by atoms with Gasteiger partial charge in [-0.15, -0.1) is 0 Å². The maximum absolute atomic E-state index is 6.22. The highest BCUT2D eigenvalue weighted by Crippen LogP contribution is 2.39. The highest BCUT2D eigenvalue weighted by atomic mass is 14.9. The molecular formula is C16H20N2. The Balaban J connectivity index is 1.75. The smallest absolute Gasteiger partial charge is 0.0472 e. The van der Waals surface area contributed by atoms with E-state index in [4.69, 9.17) is 5.73 Å². The van der Waals surface area contributed by atoms with Crippen molar-refractivity contribution in [1.82, 2.24) is 4.57 Å². The molecule has 3 rings (SSSR count). The fourth-order valence-corrected chi connectivity index (χ4v) is 2.47. The molecule has 1 saturated carbocycles. The van der Waals surface area contributed by atoms with E-state index in [2.05, 4.69) is 54.2 Å². The minimum Gasteiger partial charge on any atom is -0.350 e. The van der Waals surface area contributed by atoms with Gasteiger partial charge >= 0.3 is 0 Å². The van der Waals surface area contributed by atoms with E-state index in [1.54, 1.807) is 0 Å². The Labute approximate surface area is 108 Å². The molecule has 1 unspecified atom stereocenters. The largest absolute Gasteiger partial charge is 0.350 e. The van der Waals surface area contributed by atoms with Crippen molar-refractivity contribution in [2.24, 2.45) is 11.7 Å². The molecule has 1 heterocycles. The Morgan fingerprint density at radius 3 is 2.78 bits per heavy atom. The monoisotopic (exact) mass is 240 g/mol. The topological polar surface area (TPSA) is 30.9 Å². The second kappa shape index (κ2) is 4.62. The van der Waals surface area contributed by atoms with E-state index in [1.807, 2.05) is 0 Å². The Morgan fingerprint density at radius 2 is 2.06 bits per heavy atom. The Bertz CT molecular complexity index is 538. The molecule has 0 bridgehead atoms. The van der Waals surface area contributed by atoms with Gasteiger partial charge in [0.2, 0.25) is 0 Å². The highest BCUT2D eigenvalue weighted by Gasteiger charge is 2.29. The molecule has 2 nitrogen and oxygen atoms in total. The lowest BCUT2D eigenvalue weighted by atomic mass is 10.1. The van der Waals surface area contributed by atoms with Crippen molar-refractivity contribution in [2.45, 2.75) is 32.4 Å². The minimum absolute atomic E-state index is 0.239. The van der Waals surface area contributed by atoms with Crippen LogP contribution >= 0.6 is 0 Å². The number of hydrogen-bond donors (Lipinski definition) is 1. The number of aryl methyl sites for hydroxylation is 1. The first-order chi connectivity index (χ1) is 8.74. The van der Waals surface area contributed by atoms with E-state index in [-0.39, 0.29) is 6.04 Å². The molecule has 1 aliphatic carbocycles. The van der Waals surface area contributed by atoms with Gasteiger partial charge in [0.05, 0.1) is 0 Å². The molecule has 1 aromatic carbocycles. The maximum Gasteiger partial charge on any atom is 0.0472 e. The van der Waals surface area contributed by atoms with E-state index in [9.17, 15) is 0 Å². The van der Waals surface area contributed by atoms with E-state index in [0.717, 1.165) is 12.5 Å². The summed E-state index contributed by atoms with van der Waals surface area (Å²) in [6, 6.07) is 10.9. The molecule has 94 valence electrons. The summed E-state index contributed by atoms with van der Waals surface area (Å²) in [6.07, 6.45) is 6.94. The third-order valence-corrected chi connectivity index (χ3v) is 3.90. The van der Waals surface area contributed by atoms with Gasteiger partial charge in [-0.25, -0.2) is 0 Å². The summed E-state index contributed by atoms with van der Waals surface area (Å²) in [6.45, 7) is 3.10. The van der Waals surface area contributed by atoms with Crippen molar-refractivity contribution >= 4 is 0 Å². The van der Waals surface area contributed by atoms with Crippen LogP contribution in [0.4, 0.5) is 0 Å². The first-order valence-electron chi connectivity index (χ1n) is 6.70. The lowest BCUT2D eigenvalue weighted by Gasteiger charge is -2.08. The molecule has 1 aliphatic rings. The zero-order valence-electron chi connectivity index (χ0n) is 10.8. The average Bonchev–Trinajstić information content (AvgIpc) is 3.12. The Hall–Kier alpha value is -1.54. The fourth-order valence-electron chi connectivity index (χ4n) is 2.47. The third-order valence-electron chi connectivity index (χ3n) is 3.90. The molecule has 2 heteroatoms. The molecule has 0 saturated heterocycles. The molecule has 2 aromatic rings. The fraction of sp³-hybridized carbons (Fsp3) is 0.375. The van der Waals surface area contributed by atoms with Crippen molar-refractivity contribution in [3.63, 3.8) is 0 Å². The lowest BCUT2D eigenvalue weighted by Crippen LogP contribution is -2.11. The molecule has 0 aliphatic heterocycles. The van der Waals surface area contributed by atoms with Crippen LogP contribution in [0.3, 0.4) is 0 Å². The van der Waals surface area contributed by atoms with Crippen LogP contribution < -0.4 is 5.73 Å². The van der Waals surface area contributed by atoms with Gasteiger partial charge in [-0.05, 0) is 48.4 Å². The number of aromatic nitrogens is 1. The molecule has 0 spiro atoms. The van der Waals surface area contributed by atoms with Gasteiger partial charge in [-0.3, -0.25) is 0 Å². The van der Waals surface area contributed by atoms with Crippen LogP contribution in [0.1, 0.15) is 35.6 Å². The van der Waals surface area contributed by atoms with Crippen molar-refractivity contribution < 1.29 is 0 Å². The van der Waals surface area contributed by atoms with Gasteiger partial charge < -0.3 is 10.3 Å². The third kappa shape index (κ3) is 2.34. The molecule has 18 heavy (non-hydrogen) atoms. The van der Waals surface area contributed by atoms with Crippen LogP contribution in [-0.4, -0.2) is 4.57 Å². The van der Waals surface area contributed by atoms with Gasteiger partial charge in [0, 0.05) is 25.0 Å². The summed E-state index contributed by atoms with van der Waals surface area (Å²) >= 11 is 0. The highest BCUT2D eigenvalue weighted by molar-refractivity contribution is 5.27. The zero-order valence-corrected chi connectivity index (χ0v) is 10.8. The van der Waals surface area contributed by atoms with Gasteiger partial charge in [0.25, 0.3) is 0 Å². The molecule has 1 fully saturated rings. The second-order valence-electron chi connectivity index (χ2n) is 5.41. The quantitative estimate of drug-likeness (QED) is 0.873. The van der Waals surface area contributed by atoms with Crippen molar-refractivity contribution in [2.75, 3.05) is 0 Å². The predicted molar refractivity (Wildman–Crippen MR) is 74.4 cm³/mol. The number of nitrogens with two attached hydrogens (primary N) is 1. The number of rotatable bonds is 4. The lowest BCUT2D eigenvalue weighted by molar-refractivity contribution is 0.630. The van der Waals surface area contributed by atoms with Crippen molar-refractivity contribution in [1.29, 1.82) is 0 Å². The number of nitrogens with zero attached hydrogens (tertiary/aromatic N) is 1. The van der Waals surface area contributed by atoms with E-state index >= 15 is 0 Å². The van der Waals surface area contributed by atoms with Gasteiger partial charge in [-0.1, -0.05) is 24.3 Å². The van der Waals surface area contributed by atoms with Crippen LogP contribution in [0.15, 0.2) is 42.7 Å². The second-order valence-corrected chi connectivity index (χ2v) is 5.41. The van der Waals surface area contributed by atoms with E-state index < -0.39 is 0 Å². The minimum atomic E-state index is 0.239. The Kier molecular flexibility index (Phi) is 2.96. The molecule has 2 N–H and O–H groups in total. The first kappa shape index (κ1) is 11.5. The van der Waals surface area contributed by atoms with Crippen LogP contribution in [-0.2, 0) is 6.54 Å². The van der Waals surface area contributed by atoms with Crippen molar-refractivity contribution in [3.8, 4) is 0 Å². The summed E-state index contributed by atoms with van der Waals surface area (Å²) < 4.78 is 2.24. The van der Waals surface area contributed by atoms with E-state index in [1.165, 1.54) is 29.5 Å². The predicted octanol–water partition coefficient (Wildman–Crippen LogP) is 3.25. The average molecular weight is 240 g/mol. The van der Waals surface area contributed by atoms with Crippen molar-refractivity contribution in [3.05, 3.63) is 59.4 Å². The van der Waals surface area contributed by atoms with Gasteiger partial charge in [-0.2, -0.15) is 0 Å². The molecule has 1 aromatic heterocycles. The van der Waals surface area contributed by atoms with Crippen LogP contribution in [0.25, 0.3) is 0 Å². The van der Waals surface area contributed by atoms with Crippen LogP contribution in [0.2, 0.25) is 0 Å². The summed E-state index contributed by atoms with van der Waals surface area (Å²) in [5.41, 5.74) is 10.2. The van der Waals surface area contributed by atoms with Crippen LogP contribution in [0.5, 0.6) is 0 Å². The summed E-state index contributed by atoms with van der Waals surface area (Å²) in [5, 5.41) is 0. The molecule has 0 radical (unpaired) electrons. The summed E-state index contributed by atoms with van der Waals surface area (Å²) in [7, 11) is 0. The molecule has 1 atom stereocenters. The normalized spacial score (nSPS) is 16.8. The number of benzene rings is 1. The number of hydrogen-bond acceptors (Lipinski definition) is 1. The summed E-state index contributed by atoms with van der Waals surface area (Å²) in [4.78, 5) is 0.